The molecule has 0 amide bonds. The number of para-hydroxylation sites is 2. The molecule has 6 nitrogen and oxygen atoms in total. The van der Waals surface area contributed by atoms with Gasteiger partial charge in [-0.25, -0.2) is 9.97 Å². The fraction of sp³-hybridized carbons (Fsp3) is 0. The first-order valence-corrected chi connectivity index (χ1v) is 12.5. The third kappa shape index (κ3) is 3.01. The van der Waals surface area contributed by atoms with Gasteiger partial charge in [0.1, 0.15) is 16.6 Å². The van der Waals surface area contributed by atoms with E-state index >= 15 is 0 Å². The SMILES string of the molecule is c1ccc(-n2c3ccccc3c3nc4c5ncccc5n(-c5ccc(-c6ccncc6)cc5)c4nc32)cc1. The summed E-state index contributed by atoms with van der Waals surface area (Å²) < 4.78 is 4.35. The highest BCUT2D eigenvalue weighted by Crippen LogP contribution is 2.35. The topological polar surface area (TPSA) is 61.4 Å². The molecule has 0 spiro atoms. The zero-order valence-corrected chi connectivity index (χ0v) is 20.2. The smallest absolute Gasteiger partial charge is 0.168 e. The van der Waals surface area contributed by atoms with Crippen LogP contribution in [0.2, 0.25) is 0 Å². The van der Waals surface area contributed by atoms with Crippen LogP contribution in [-0.2, 0) is 0 Å². The van der Waals surface area contributed by atoms with E-state index in [0.717, 1.165) is 66.8 Å². The van der Waals surface area contributed by atoms with Crippen LogP contribution in [0.5, 0.6) is 0 Å². The normalized spacial score (nSPS) is 11.7. The van der Waals surface area contributed by atoms with Crippen molar-refractivity contribution in [3.63, 3.8) is 0 Å². The van der Waals surface area contributed by atoms with Crippen molar-refractivity contribution >= 4 is 44.3 Å². The van der Waals surface area contributed by atoms with Gasteiger partial charge in [-0.05, 0) is 65.7 Å². The molecule has 6 heteroatoms. The van der Waals surface area contributed by atoms with Crippen molar-refractivity contribution in [1.29, 1.82) is 0 Å². The van der Waals surface area contributed by atoms with Crippen molar-refractivity contribution in [2.45, 2.75) is 0 Å². The van der Waals surface area contributed by atoms with Crippen molar-refractivity contribution in [3.05, 3.63) is 122 Å². The number of nitrogens with zero attached hydrogens (tertiary/aromatic N) is 6. The number of benzene rings is 3. The van der Waals surface area contributed by atoms with Crippen LogP contribution in [0.1, 0.15) is 0 Å². The van der Waals surface area contributed by atoms with Crippen LogP contribution in [-0.4, -0.2) is 29.1 Å². The summed E-state index contributed by atoms with van der Waals surface area (Å²) in [4.78, 5) is 19.4. The molecule has 0 bridgehead atoms. The highest BCUT2D eigenvalue weighted by molar-refractivity contribution is 6.11. The molecule has 38 heavy (non-hydrogen) atoms. The maximum absolute atomic E-state index is 5.30. The van der Waals surface area contributed by atoms with E-state index in [0.29, 0.717) is 0 Å². The molecule has 0 radical (unpaired) electrons. The quantitative estimate of drug-likeness (QED) is 0.265. The van der Waals surface area contributed by atoms with Crippen LogP contribution >= 0.6 is 0 Å². The summed E-state index contributed by atoms with van der Waals surface area (Å²) >= 11 is 0. The van der Waals surface area contributed by atoms with E-state index in [1.54, 1.807) is 0 Å². The molecule has 5 heterocycles. The zero-order valence-electron chi connectivity index (χ0n) is 20.2. The van der Waals surface area contributed by atoms with Gasteiger partial charge in [0.05, 0.1) is 11.0 Å². The largest absolute Gasteiger partial charge is 0.292 e. The lowest BCUT2D eigenvalue weighted by atomic mass is 10.1. The lowest BCUT2D eigenvalue weighted by molar-refractivity contribution is 1.10. The van der Waals surface area contributed by atoms with Crippen LogP contribution in [0, 0.1) is 0 Å². The van der Waals surface area contributed by atoms with Crippen LogP contribution in [0.4, 0.5) is 0 Å². The number of pyridine rings is 2. The second-order valence-corrected chi connectivity index (χ2v) is 9.25. The van der Waals surface area contributed by atoms with Crippen LogP contribution < -0.4 is 0 Å². The number of hydrogen-bond acceptors (Lipinski definition) is 4. The molecule has 0 saturated carbocycles. The van der Waals surface area contributed by atoms with Gasteiger partial charge < -0.3 is 0 Å². The minimum Gasteiger partial charge on any atom is -0.292 e. The van der Waals surface area contributed by atoms with Gasteiger partial charge in [0.25, 0.3) is 0 Å². The molecule has 3 aromatic carbocycles. The summed E-state index contributed by atoms with van der Waals surface area (Å²) in [7, 11) is 0. The Balaban J connectivity index is 1.45. The van der Waals surface area contributed by atoms with Gasteiger partial charge in [0.15, 0.2) is 11.3 Å². The monoisotopic (exact) mass is 488 g/mol. The number of rotatable bonds is 3. The number of hydrogen-bond donors (Lipinski definition) is 0. The first kappa shape index (κ1) is 20.8. The minimum atomic E-state index is 0.780. The molecule has 8 rings (SSSR count). The van der Waals surface area contributed by atoms with E-state index in [1.807, 2.05) is 55.0 Å². The molecule has 0 N–H and O–H groups in total. The number of fused-ring (bicyclic) bond motifs is 6. The lowest BCUT2D eigenvalue weighted by Gasteiger charge is -2.09. The molecule has 0 unspecified atom stereocenters. The molecular weight excluding hydrogens is 468 g/mol. The summed E-state index contributed by atoms with van der Waals surface area (Å²) in [5, 5.41) is 1.07. The Labute approximate surface area is 217 Å². The van der Waals surface area contributed by atoms with E-state index in [1.165, 1.54) is 0 Å². The first-order valence-electron chi connectivity index (χ1n) is 12.5. The lowest BCUT2D eigenvalue weighted by Crippen LogP contribution is -1.99. The van der Waals surface area contributed by atoms with Crippen molar-refractivity contribution in [2.24, 2.45) is 0 Å². The molecule has 0 aliphatic carbocycles. The predicted molar refractivity (Wildman–Crippen MR) is 152 cm³/mol. The van der Waals surface area contributed by atoms with Crippen molar-refractivity contribution in [2.75, 3.05) is 0 Å². The minimum absolute atomic E-state index is 0.780. The van der Waals surface area contributed by atoms with Crippen molar-refractivity contribution in [1.82, 2.24) is 29.1 Å². The second-order valence-electron chi connectivity index (χ2n) is 9.25. The summed E-state index contributed by atoms with van der Waals surface area (Å²) in [5.41, 5.74) is 10.5. The van der Waals surface area contributed by atoms with Gasteiger partial charge in [0.2, 0.25) is 0 Å². The van der Waals surface area contributed by atoms with Crippen LogP contribution in [0.3, 0.4) is 0 Å². The van der Waals surface area contributed by atoms with Crippen LogP contribution in [0.15, 0.2) is 122 Å². The van der Waals surface area contributed by atoms with E-state index in [2.05, 4.69) is 80.8 Å². The van der Waals surface area contributed by atoms with Crippen molar-refractivity contribution in [3.8, 4) is 22.5 Å². The molecule has 0 aliphatic heterocycles. The van der Waals surface area contributed by atoms with E-state index in [-0.39, 0.29) is 0 Å². The average Bonchev–Trinajstić information content (AvgIpc) is 3.49. The Hall–Kier alpha value is -5.36. The Kier molecular flexibility index (Phi) is 4.42. The molecule has 5 aromatic heterocycles. The van der Waals surface area contributed by atoms with Gasteiger partial charge in [0, 0.05) is 35.4 Å². The molecular formula is C32H20N6. The standard InChI is InChI=1S/C32H20N6/c1-2-7-23(8-3-1)37-26-10-5-4-9-25(26)28-31(37)36-32-30(35-28)29-27(11-6-18-34-29)38(32)24-14-12-21(13-15-24)22-16-19-33-20-17-22/h1-20H. The summed E-state index contributed by atoms with van der Waals surface area (Å²) in [5.74, 6) is 0. The van der Waals surface area contributed by atoms with Gasteiger partial charge in [-0.3, -0.25) is 19.1 Å². The van der Waals surface area contributed by atoms with Crippen molar-refractivity contribution < 1.29 is 0 Å². The van der Waals surface area contributed by atoms with Gasteiger partial charge in [-0.15, -0.1) is 0 Å². The zero-order chi connectivity index (χ0) is 25.1. The molecule has 0 fully saturated rings. The first-order chi connectivity index (χ1) is 18.9. The Morgan fingerprint density at radius 1 is 0.447 bits per heavy atom. The van der Waals surface area contributed by atoms with E-state index in [9.17, 15) is 0 Å². The summed E-state index contributed by atoms with van der Waals surface area (Å²) in [6.45, 7) is 0. The Morgan fingerprint density at radius 3 is 1.95 bits per heavy atom. The maximum Gasteiger partial charge on any atom is 0.168 e. The van der Waals surface area contributed by atoms with Crippen LogP contribution in [0.25, 0.3) is 66.8 Å². The van der Waals surface area contributed by atoms with Gasteiger partial charge in [-0.2, -0.15) is 0 Å². The molecule has 0 aliphatic rings. The maximum atomic E-state index is 5.30. The molecule has 0 atom stereocenters. The highest BCUT2D eigenvalue weighted by atomic mass is 15.1. The fourth-order valence-corrected chi connectivity index (χ4v) is 5.37. The molecule has 8 aromatic rings. The second kappa shape index (κ2) is 8.08. The predicted octanol–water partition coefficient (Wildman–Crippen LogP) is 7.13. The Bertz CT molecular complexity index is 2110. The van der Waals surface area contributed by atoms with E-state index < -0.39 is 0 Å². The highest BCUT2D eigenvalue weighted by Gasteiger charge is 2.21. The summed E-state index contributed by atoms with van der Waals surface area (Å²) in [6.07, 6.45) is 5.45. The fourth-order valence-electron chi connectivity index (χ4n) is 5.37. The van der Waals surface area contributed by atoms with Gasteiger partial charge >= 0.3 is 0 Å². The Morgan fingerprint density at radius 2 is 1.11 bits per heavy atom. The summed E-state index contributed by atoms with van der Waals surface area (Å²) in [6, 6.07) is 35.3. The van der Waals surface area contributed by atoms with Gasteiger partial charge in [-0.1, -0.05) is 48.5 Å². The third-order valence-electron chi connectivity index (χ3n) is 7.09. The number of aromatic nitrogens is 6. The average molecular weight is 489 g/mol. The third-order valence-corrected chi connectivity index (χ3v) is 7.09. The van der Waals surface area contributed by atoms with E-state index in [4.69, 9.17) is 15.0 Å². The molecule has 178 valence electrons. The molecule has 0 saturated heterocycles.